The van der Waals surface area contributed by atoms with Crippen LogP contribution < -0.4 is 4.90 Å². The van der Waals surface area contributed by atoms with Gasteiger partial charge in [-0.1, -0.05) is 6.07 Å². The highest BCUT2D eigenvalue weighted by Gasteiger charge is 2.44. The fourth-order valence-corrected chi connectivity index (χ4v) is 4.13. The van der Waals surface area contributed by atoms with Gasteiger partial charge in [-0.05, 0) is 57.2 Å². The van der Waals surface area contributed by atoms with Crippen molar-refractivity contribution in [3.8, 4) is 0 Å². The highest BCUT2D eigenvalue weighted by molar-refractivity contribution is 6.03. The van der Waals surface area contributed by atoms with Crippen molar-refractivity contribution in [1.82, 2.24) is 4.90 Å². The fourth-order valence-electron chi connectivity index (χ4n) is 4.13. The Labute approximate surface area is 192 Å². The smallest absolute Gasteiger partial charge is 0.351 e. The first-order valence-electron chi connectivity index (χ1n) is 11.3. The maximum absolute atomic E-state index is 13.3. The lowest BCUT2D eigenvalue weighted by molar-refractivity contribution is -0.188. The number of nitrogens with zero attached hydrogens (tertiary/aromatic N) is 2. The Hall–Kier alpha value is -2.94. The van der Waals surface area contributed by atoms with Gasteiger partial charge in [0.05, 0.1) is 6.61 Å². The summed E-state index contributed by atoms with van der Waals surface area (Å²) in [6.45, 7) is 7.92. The van der Waals surface area contributed by atoms with Gasteiger partial charge in [0.2, 0.25) is 6.10 Å². The van der Waals surface area contributed by atoms with Crippen LogP contribution in [0, 0.1) is 5.92 Å². The van der Waals surface area contributed by atoms with Crippen molar-refractivity contribution in [2.24, 2.45) is 5.92 Å². The van der Waals surface area contributed by atoms with Gasteiger partial charge in [-0.25, -0.2) is 4.79 Å². The van der Waals surface area contributed by atoms with Gasteiger partial charge >= 0.3 is 11.9 Å². The van der Waals surface area contributed by atoms with Crippen molar-refractivity contribution in [3.05, 3.63) is 29.3 Å². The molecule has 2 heterocycles. The number of benzene rings is 1. The van der Waals surface area contributed by atoms with Crippen LogP contribution in [0.4, 0.5) is 5.69 Å². The standard InChI is InChI=1S/C24H30N2O7/c1-14(27)32-20(23(30)33-24(2,3)4)19-22(29)26(9-10-31-19)17-8-7-16-13-25(12-15-5-6-15)21(28)18(16)11-17/h7-8,11,15,19-20H,5-6,9-10,12-13H2,1-4H3. The first kappa shape index (κ1) is 23.2. The Morgan fingerprint density at radius 1 is 1.21 bits per heavy atom. The zero-order chi connectivity index (χ0) is 23.9. The second kappa shape index (κ2) is 8.78. The van der Waals surface area contributed by atoms with Gasteiger partial charge in [-0.2, -0.15) is 0 Å². The van der Waals surface area contributed by atoms with E-state index in [0.717, 1.165) is 31.9 Å². The molecule has 0 spiro atoms. The topological polar surface area (TPSA) is 102 Å². The number of hydrogen-bond donors (Lipinski definition) is 0. The molecule has 0 radical (unpaired) electrons. The average Bonchev–Trinajstić information content (AvgIpc) is 3.49. The largest absolute Gasteiger partial charge is 0.457 e. The summed E-state index contributed by atoms with van der Waals surface area (Å²) in [5, 5.41) is 0. The van der Waals surface area contributed by atoms with Crippen LogP contribution in [0.1, 0.15) is 56.5 Å². The van der Waals surface area contributed by atoms with E-state index >= 15 is 0 Å². The predicted molar refractivity (Wildman–Crippen MR) is 117 cm³/mol. The molecule has 1 saturated carbocycles. The molecule has 2 fully saturated rings. The highest BCUT2D eigenvalue weighted by Crippen LogP contribution is 2.34. The summed E-state index contributed by atoms with van der Waals surface area (Å²) in [6, 6.07) is 5.38. The number of amides is 2. The van der Waals surface area contributed by atoms with Crippen molar-refractivity contribution in [2.75, 3.05) is 24.6 Å². The molecule has 1 saturated heterocycles. The van der Waals surface area contributed by atoms with Gasteiger partial charge in [0.15, 0.2) is 6.10 Å². The number of esters is 2. The predicted octanol–water partition coefficient (Wildman–Crippen LogP) is 2.06. The molecule has 2 amide bonds. The minimum absolute atomic E-state index is 0.0254. The normalized spacial score (nSPS) is 21.6. The number of hydrogen-bond acceptors (Lipinski definition) is 7. The van der Waals surface area contributed by atoms with E-state index in [1.807, 2.05) is 11.0 Å². The molecule has 3 aliphatic rings. The van der Waals surface area contributed by atoms with E-state index in [2.05, 4.69) is 0 Å². The molecule has 0 aromatic heterocycles. The molecule has 178 valence electrons. The lowest BCUT2D eigenvalue weighted by Gasteiger charge is -2.35. The van der Waals surface area contributed by atoms with Gasteiger partial charge in [0.1, 0.15) is 5.60 Å². The molecule has 1 aromatic carbocycles. The molecule has 1 aliphatic carbocycles. The summed E-state index contributed by atoms with van der Waals surface area (Å²) >= 11 is 0. The van der Waals surface area contributed by atoms with Crippen LogP contribution in [-0.2, 0) is 35.1 Å². The van der Waals surface area contributed by atoms with Crippen LogP contribution in [0.5, 0.6) is 0 Å². The monoisotopic (exact) mass is 458 g/mol. The molecule has 9 nitrogen and oxygen atoms in total. The Kier molecular flexibility index (Phi) is 6.18. The van der Waals surface area contributed by atoms with E-state index in [-0.39, 0.29) is 19.1 Å². The summed E-state index contributed by atoms with van der Waals surface area (Å²) in [4.78, 5) is 53.9. The second-order valence-electron chi connectivity index (χ2n) is 9.82. The fraction of sp³-hybridized carbons (Fsp3) is 0.583. The zero-order valence-corrected chi connectivity index (χ0v) is 19.5. The van der Waals surface area contributed by atoms with E-state index in [1.54, 1.807) is 32.9 Å². The third kappa shape index (κ3) is 5.19. The molecule has 0 N–H and O–H groups in total. The van der Waals surface area contributed by atoms with Gasteiger partial charge in [0, 0.05) is 37.8 Å². The molecule has 33 heavy (non-hydrogen) atoms. The van der Waals surface area contributed by atoms with Crippen molar-refractivity contribution in [2.45, 2.75) is 64.9 Å². The molecule has 9 heteroatoms. The number of carbonyl (C=O) groups is 4. The minimum atomic E-state index is -1.53. The van der Waals surface area contributed by atoms with Crippen LogP contribution in [0.15, 0.2) is 18.2 Å². The highest BCUT2D eigenvalue weighted by atomic mass is 16.6. The molecule has 2 unspecified atom stereocenters. The molecular formula is C24H30N2O7. The van der Waals surface area contributed by atoms with Gasteiger partial charge in [-0.15, -0.1) is 0 Å². The van der Waals surface area contributed by atoms with Gasteiger partial charge in [0.25, 0.3) is 11.8 Å². The zero-order valence-electron chi connectivity index (χ0n) is 19.5. The maximum atomic E-state index is 13.3. The molecule has 2 atom stereocenters. The summed E-state index contributed by atoms with van der Waals surface area (Å²) in [6.07, 6.45) is -0.540. The SMILES string of the molecule is CC(=O)OC(C(=O)OC(C)(C)C)C1OCCN(c2ccc3c(c2)C(=O)N(CC2CC2)C3)C1=O. The summed E-state index contributed by atoms with van der Waals surface area (Å²) < 4.78 is 16.1. The average molecular weight is 459 g/mol. The lowest BCUT2D eigenvalue weighted by atomic mass is 10.1. The van der Waals surface area contributed by atoms with Crippen molar-refractivity contribution in [1.29, 1.82) is 0 Å². The molecule has 2 aliphatic heterocycles. The lowest BCUT2D eigenvalue weighted by Crippen LogP contribution is -2.56. The summed E-state index contributed by atoms with van der Waals surface area (Å²) in [5.74, 6) is -1.53. The first-order chi connectivity index (χ1) is 15.5. The maximum Gasteiger partial charge on any atom is 0.351 e. The Bertz CT molecular complexity index is 980. The molecule has 1 aromatic rings. The number of ether oxygens (including phenoxy) is 3. The number of fused-ring (bicyclic) bond motifs is 1. The van der Waals surface area contributed by atoms with Crippen molar-refractivity contribution >= 4 is 29.4 Å². The third-order valence-electron chi connectivity index (χ3n) is 5.79. The molecular weight excluding hydrogens is 428 g/mol. The van der Waals surface area contributed by atoms with Crippen LogP contribution in [0.3, 0.4) is 0 Å². The first-order valence-corrected chi connectivity index (χ1v) is 11.3. The van der Waals surface area contributed by atoms with E-state index in [0.29, 0.717) is 23.7 Å². The second-order valence-corrected chi connectivity index (χ2v) is 9.82. The van der Waals surface area contributed by atoms with Crippen LogP contribution in [0.25, 0.3) is 0 Å². The quantitative estimate of drug-likeness (QED) is 0.601. The third-order valence-corrected chi connectivity index (χ3v) is 5.79. The molecule has 4 rings (SSSR count). The number of rotatable bonds is 6. The number of morpholine rings is 1. The number of carbonyl (C=O) groups excluding carboxylic acids is 4. The van der Waals surface area contributed by atoms with E-state index in [4.69, 9.17) is 14.2 Å². The summed E-state index contributed by atoms with van der Waals surface area (Å²) in [5.41, 5.74) is 1.24. The Morgan fingerprint density at radius 3 is 2.58 bits per heavy atom. The van der Waals surface area contributed by atoms with Crippen molar-refractivity contribution < 1.29 is 33.4 Å². The van der Waals surface area contributed by atoms with E-state index < -0.39 is 35.7 Å². The van der Waals surface area contributed by atoms with Crippen molar-refractivity contribution in [3.63, 3.8) is 0 Å². The van der Waals surface area contributed by atoms with Crippen LogP contribution in [0.2, 0.25) is 0 Å². The van der Waals surface area contributed by atoms with Crippen LogP contribution >= 0.6 is 0 Å². The number of anilines is 1. The van der Waals surface area contributed by atoms with Gasteiger partial charge in [-0.3, -0.25) is 14.4 Å². The van der Waals surface area contributed by atoms with Gasteiger partial charge < -0.3 is 24.0 Å². The Balaban J connectivity index is 1.54. The Morgan fingerprint density at radius 2 is 1.94 bits per heavy atom. The van der Waals surface area contributed by atoms with E-state index in [9.17, 15) is 19.2 Å². The van der Waals surface area contributed by atoms with E-state index in [1.165, 1.54) is 4.90 Å². The van der Waals surface area contributed by atoms with Crippen LogP contribution in [-0.4, -0.2) is 66.2 Å². The summed E-state index contributed by atoms with van der Waals surface area (Å²) in [7, 11) is 0. The molecule has 0 bridgehead atoms. The minimum Gasteiger partial charge on any atom is -0.457 e.